The summed E-state index contributed by atoms with van der Waals surface area (Å²) >= 11 is 0. The van der Waals surface area contributed by atoms with Gasteiger partial charge in [-0.1, -0.05) is 97.1 Å². The summed E-state index contributed by atoms with van der Waals surface area (Å²) in [4.78, 5) is 22.2. The predicted molar refractivity (Wildman–Crippen MR) is 152 cm³/mol. The van der Waals surface area contributed by atoms with E-state index >= 15 is 0 Å². The molecule has 0 atom stereocenters. The van der Waals surface area contributed by atoms with Gasteiger partial charge in [0.1, 0.15) is 6.04 Å². The first-order valence-electron chi connectivity index (χ1n) is 13.2. The SMILES string of the molecule is O=c1c2ccccc2nc2c3ccccc3c(N3CC[NH+](C(c4ccccc4)c4ccccc4)CC3)nn12. The smallest absolute Gasteiger partial charge is 0.282 e. The molecule has 1 aliphatic rings. The highest BCUT2D eigenvalue weighted by Crippen LogP contribution is 2.28. The zero-order valence-electron chi connectivity index (χ0n) is 21.0. The molecular formula is C32H28N5O+. The molecule has 0 aliphatic carbocycles. The Balaban J connectivity index is 1.28. The fraction of sp³-hybridized carbons (Fsp3) is 0.156. The number of hydrogen-bond acceptors (Lipinski definition) is 4. The van der Waals surface area contributed by atoms with E-state index in [0.717, 1.165) is 42.8 Å². The Labute approximate surface area is 220 Å². The van der Waals surface area contributed by atoms with Gasteiger partial charge in [0.2, 0.25) is 0 Å². The third kappa shape index (κ3) is 3.81. The molecule has 1 fully saturated rings. The van der Waals surface area contributed by atoms with Crippen molar-refractivity contribution < 1.29 is 4.90 Å². The monoisotopic (exact) mass is 498 g/mol. The Morgan fingerprint density at radius 1 is 0.658 bits per heavy atom. The van der Waals surface area contributed by atoms with Crippen molar-refractivity contribution >= 4 is 33.1 Å². The van der Waals surface area contributed by atoms with Gasteiger partial charge in [0.25, 0.3) is 5.56 Å². The maximum atomic E-state index is 13.5. The summed E-state index contributed by atoms with van der Waals surface area (Å²) in [5.41, 5.74) is 3.84. The van der Waals surface area contributed by atoms with Crippen LogP contribution in [0.5, 0.6) is 0 Å². The van der Waals surface area contributed by atoms with Crippen LogP contribution in [0.25, 0.3) is 27.3 Å². The van der Waals surface area contributed by atoms with Crippen LogP contribution in [0.1, 0.15) is 17.2 Å². The minimum absolute atomic E-state index is 0.130. The molecule has 4 aromatic carbocycles. The maximum absolute atomic E-state index is 13.5. The third-order valence-electron chi connectivity index (χ3n) is 7.74. The number of quaternary nitrogens is 1. The second-order valence-corrected chi connectivity index (χ2v) is 9.94. The summed E-state index contributed by atoms with van der Waals surface area (Å²) < 4.78 is 1.50. The number of anilines is 1. The molecule has 0 spiro atoms. The summed E-state index contributed by atoms with van der Waals surface area (Å²) in [6.45, 7) is 3.63. The van der Waals surface area contributed by atoms with Gasteiger partial charge in [-0.15, -0.1) is 5.10 Å². The van der Waals surface area contributed by atoms with Crippen LogP contribution in [0.2, 0.25) is 0 Å². The topological polar surface area (TPSA) is 54.9 Å². The molecule has 0 bridgehead atoms. The van der Waals surface area contributed by atoms with E-state index in [2.05, 4.69) is 71.6 Å². The first-order valence-corrected chi connectivity index (χ1v) is 13.2. The zero-order valence-corrected chi connectivity index (χ0v) is 21.0. The number of nitrogens with zero attached hydrogens (tertiary/aromatic N) is 4. The first-order chi connectivity index (χ1) is 18.8. The number of aromatic nitrogens is 3. The van der Waals surface area contributed by atoms with Gasteiger partial charge < -0.3 is 9.80 Å². The third-order valence-corrected chi connectivity index (χ3v) is 7.74. The van der Waals surface area contributed by atoms with E-state index in [9.17, 15) is 4.79 Å². The zero-order chi connectivity index (χ0) is 25.5. The van der Waals surface area contributed by atoms with Crippen LogP contribution in [-0.4, -0.2) is 40.8 Å². The van der Waals surface area contributed by atoms with Crippen LogP contribution in [0.4, 0.5) is 5.82 Å². The lowest BCUT2D eigenvalue weighted by Crippen LogP contribution is -3.15. The van der Waals surface area contributed by atoms with Crippen LogP contribution in [0.15, 0.2) is 114 Å². The van der Waals surface area contributed by atoms with Gasteiger partial charge in [-0.05, 0) is 12.1 Å². The molecular weight excluding hydrogens is 470 g/mol. The molecule has 2 aromatic heterocycles. The number of nitrogens with one attached hydrogen (secondary N) is 1. The van der Waals surface area contributed by atoms with Crippen LogP contribution in [0.3, 0.4) is 0 Å². The highest BCUT2D eigenvalue weighted by Gasteiger charge is 2.31. The molecule has 6 aromatic rings. The molecule has 3 heterocycles. The molecule has 38 heavy (non-hydrogen) atoms. The summed E-state index contributed by atoms with van der Waals surface area (Å²) in [6, 6.07) is 37.5. The summed E-state index contributed by atoms with van der Waals surface area (Å²) in [7, 11) is 0. The quantitative estimate of drug-likeness (QED) is 0.296. The Morgan fingerprint density at radius 2 is 1.21 bits per heavy atom. The standard InChI is InChI=1S/C32H27N5O/c38-32-27-17-9-10-18-28(27)33-30-25-15-7-8-16-26(25)31(34-37(30)32)36-21-19-35(20-22-36)29(23-11-3-1-4-12-23)24-13-5-2-6-14-24/h1-18,29H,19-22H2/p+1. The molecule has 1 N–H and O–H groups in total. The number of benzene rings is 4. The predicted octanol–water partition coefficient (Wildman–Crippen LogP) is 3.89. The Kier molecular flexibility index (Phi) is 5.60. The van der Waals surface area contributed by atoms with Crippen molar-refractivity contribution in [1.29, 1.82) is 0 Å². The molecule has 0 unspecified atom stereocenters. The first kappa shape index (κ1) is 22.6. The minimum Gasteiger partial charge on any atom is -0.343 e. The summed E-state index contributed by atoms with van der Waals surface area (Å²) in [6.07, 6.45) is 0. The lowest BCUT2D eigenvalue weighted by atomic mass is 9.96. The van der Waals surface area contributed by atoms with Gasteiger partial charge in [-0.25, -0.2) is 4.98 Å². The van der Waals surface area contributed by atoms with Crippen molar-refractivity contribution in [2.24, 2.45) is 0 Å². The van der Waals surface area contributed by atoms with Gasteiger partial charge in [0, 0.05) is 21.9 Å². The Hall–Kier alpha value is -4.55. The molecule has 1 aliphatic heterocycles. The average Bonchev–Trinajstić information content (AvgIpc) is 2.99. The normalized spacial score (nSPS) is 14.6. The minimum atomic E-state index is -0.130. The van der Waals surface area contributed by atoms with Gasteiger partial charge >= 0.3 is 0 Å². The van der Waals surface area contributed by atoms with E-state index in [1.165, 1.54) is 20.5 Å². The van der Waals surface area contributed by atoms with Crippen molar-refractivity contribution in [2.75, 3.05) is 31.1 Å². The maximum Gasteiger partial charge on any atom is 0.282 e. The van der Waals surface area contributed by atoms with Crippen molar-refractivity contribution in [3.63, 3.8) is 0 Å². The largest absolute Gasteiger partial charge is 0.343 e. The molecule has 0 amide bonds. The summed E-state index contributed by atoms with van der Waals surface area (Å²) in [5.74, 6) is 0.849. The number of fused-ring (bicyclic) bond motifs is 4. The Bertz CT molecular complexity index is 1770. The van der Waals surface area contributed by atoms with E-state index in [1.54, 1.807) is 0 Å². The molecule has 6 nitrogen and oxygen atoms in total. The van der Waals surface area contributed by atoms with Crippen molar-refractivity contribution in [3.05, 3.63) is 131 Å². The number of rotatable bonds is 4. The molecule has 186 valence electrons. The fourth-order valence-electron chi connectivity index (χ4n) is 5.90. The van der Waals surface area contributed by atoms with E-state index in [1.807, 2.05) is 42.5 Å². The lowest BCUT2D eigenvalue weighted by molar-refractivity contribution is -0.926. The van der Waals surface area contributed by atoms with Crippen molar-refractivity contribution in [2.45, 2.75) is 6.04 Å². The second kappa shape index (κ2) is 9.39. The Morgan fingerprint density at radius 3 is 1.87 bits per heavy atom. The number of hydrogen-bond donors (Lipinski definition) is 1. The van der Waals surface area contributed by atoms with Gasteiger partial charge in [0.05, 0.1) is 37.1 Å². The molecule has 0 saturated carbocycles. The van der Waals surface area contributed by atoms with Gasteiger partial charge in [0.15, 0.2) is 11.5 Å². The van der Waals surface area contributed by atoms with E-state index in [4.69, 9.17) is 10.1 Å². The van der Waals surface area contributed by atoms with Crippen LogP contribution < -0.4 is 15.4 Å². The number of para-hydroxylation sites is 1. The number of piperazine rings is 1. The molecule has 7 rings (SSSR count). The van der Waals surface area contributed by atoms with Crippen LogP contribution >= 0.6 is 0 Å². The van der Waals surface area contributed by atoms with Gasteiger partial charge in [-0.3, -0.25) is 4.79 Å². The van der Waals surface area contributed by atoms with E-state index in [-0.39, 0.29) is 11.6 Å². The highest BCUT2D eigenvalue weighted by molar-refractivity contribution is 6.01. The molecule has 0 radical (unpaired) electrons. The second-order valence-electron chi connectivity index (χ2n) is 9.94. The van der Waals surface area contributed by atoms with Crippen LogP contribution in [-0.2, 0) is 0 Å². The van der Waals surface area contributed by atoms with E-state index < -0.39 is 0 Å². The highest BCUT2D eigenvalue weighted by atomic mass is 16.1. The lowest BCUT2D eigenvalue weighted by Gasteiger charge is -2.37. The van der Waals surface area contributed by atoms with Crippen molar-refractivity contribution in [1.82, 2.24) is 14.6 Å². The average molecular weight is 499 g/mol. The molecule has 1 saturated heterocycles. The van der Waals surface area contributed by atoms with Crippen molar-refractivity contribution in [3.8, 4) is 0 Å². The molecule has 6 heteroatoms. The fourth-order valence-corrected chi connectivity index (χ4v) is 5.90. The summed E-state index contributed by atoms with van der Waals surface area (Å²) in [5, 5.41) is 7.48. The van der Waals surface area contributed by atoms with Crippen LogP contribution in [0, 0.1) is 0 Å². The van der Waals surface area contributed by atoms with Gasteiger partial charge in [-0.2, -0.15) is 4.52 Å². The van der Waals surface area contributed by atoms with E-state index in [0.29, 0.717) is 16.6 Å².